The summed E-state index contributed by atoms with van der Waals surface area (Å²) in [6.45, 7) is 0.309. The largest absolute Gasteiger partial charge is 0.333 e. The van der Waals surface area contributed by atoms with Crippen molar-refractivity contribution in [3.63, 3.8) is 0 Å². The molecule has 0 saturated carbocycles. The second-order valence-electron chi connectivity index (χ2n) is 3.27. The lowest BCUT2D eigenvalue weighted by Gasteiger charge is -2.03. The molecule has 0 atom stereocenters. The Morgan fingerprint density at radius 2 is 2.31 bits per heavy atom. The zero-order valence-electron chi connectivity index (χ0n) is 8.21. The number of aromatic nitrogens is 2. The Balaban J connectivity index is 2.26. The van der Waals surface area contributed by atoms with E-state index in [1.54, 1.807) is 23.3 Å². The van der Waals surface area contributed by atoms with E-state index in [2.05, 4.69) is 4.98 Å². The van der Waals surface area contributed by atoms with Crippen molar-refractivity contribution < 1.29 is 9.31 Å². The number of hydrogen-bond acceptors (Lipinski definition) is 3. The summed E-state index contributed by atoms with van der Waals surface area (Å²) in [5.74, 6) is -0.581. The summed E-state index contributed by atoms with van der Waals surface area (Å²) in [6, 6.07) is 3.62. The lowest BCUT2D eigenvalue weighted by molar-refractivity contribution is -0.385. The molecule has 2 rings (SSSR count). The van der Waals surface area contributed by atoms with Crippen molar-refractivity contribution in [2.24, 2.45) is 0 Å². The van der Waals surface area contributed by atoms with Gasteiger partial charge in [-0.15, -0.1) is 0 Å². The summed E-state index contributed by atoms with van der Waals surface area (Å²) in [4.78, 5) is 13.6. The number of nitro benzene ring substituents is 1. The molecule has 0 aliphatic heterocycles. The minimum absolute atomic E-state index is 0.244. The molecule has 82 valence electrons. The monoisotopic (exact) mass is 221 g/mol. The fourth-order valence-electron chi connectivity index (χ4n) is 1.35. The molecular weight excluding hydrogens is 213 g/mol. The van der Waals surface area contributed by atoms with Gasteiger partial charge in [-0.2, -0.15) is 0 Å². The van der Waals surface area contributed by atoms with Gasteiger partial charge in [-0.25, -0.2) is 9.37 Å². The van der Waals surface area contributed by atoms with E-state index in [0.717, 1.165) is 6.07 Å². The van der Waals surface area contributed by atoms with Crippen LogP contribution >= 0.6 is 0 Å². The molecule has 6 heteroatoms. The van der Waals surface area contributed by atoms with Gasteiger partial charge in [0.2, 0.25) is 0 Å². The Hall–Kier alpha value is -2.24. The predicted octanol–water partition coefficient (Wildman–Crippen LogP) is 1.98. The number of nitrogens with zero attached hydrogens (tertiary/aromatic N) is 3. The van der Waals surface area contributed by atoms with Crippen LogP contribution in [-0.4, -0.2) is 14.5 Å². The van der Waals surface area contributed by atoms with Gasteiger partial charge in [0, 0.05) is 24.0 Å². The van der Waals surface area contributed by atoms with Crippen LogP contribution in [0.1, 0.15) is 5.56 Å². The first kappa shape index (κ1) is 10.3. The molecule has 2 aromatic rings. The minimum atomic E-state index is -0.621. The van der Waals surface area contributed by atoms with Crippen LogP contribution in [0.3, 0.4) is 0 Å². The van der Waals surface area contributed by atoms with Crippen molar-refractivity contribution in [1.29, 1.82) is 0 Å². The van der Waals surface area contributed by atoms with Crippen LogP contribution in [0.2, 0.25) is 0 Å². The zero-order chi connectivity index (χ0) is 11.5. The Labute approximate surface area is 90.3 Å². The van der Waals surface area contributed by atoms with Crippen LogP contribution in [0.5, 0.6) is 0 Å². The average molecular weight is 221 g/mol. The summed E-state index contributed by atoms with van der Waals surface area (Å²) < 4.78 is 15.1. The maximum absolute atomic E-state index is 13.5. The number of imidazole rings is 1. The van der Waals surface area contributed by atoms with Gasteiger partial charge in [0.15, 0.2) is 0 Å². The van der Waals surface area contributed by atoms with Gasteiger partial charge in [-0.1, -0.05) is 0 Å². The fraction of sp³-hybridized carbons (Fsp3) is 0.100. The van der Waals surface area contributed by atoms with E-state index in [9.17, 15) is 14.5 Å². The van der Waals surface area contributed by atoms with E-state index >= 15 is 0 Å². The first-order chi connectivity index (χ1) is 7.66. The van der Waals surface area contributed by atoms with Gasteiger partial charge in [0.05, 0.1) is 23.9 Å². The lowest BCUT2D eigenvalue weighted by Crippen LogP contribution is -2.00. The second-order valence-corrected chi connectivity index (χ2v) is 3.27. The molecule has 16 heavy (non-hydrogen) atoms. The third-order valence-corrected chi connectivity index (χ3v) is 2.16. The first-order valence-electron chi connectivity index (χ1n) is 4.55. The van der Waals surface area contributed by atoms with E-state index in [0.29, 0.717) is 12.1 Å². The highest BCUT2D eigenvalue weighted by molar-refractivity contribution is 5.34. The SMILES string of the molecule is O=[N+]([O-])c1ccc(Cn2ccnc2)c(F)c1. The quantitative estimate of drug-likeness (QED) is 0.588. The van der Waals surface area contributed by atoms with Crippen molar-refractivity contribution in [1.82, 2.24) is 9.55 Å². The molecule has 1 heterocycles. The number of nitro groups is 1. The smallest absolute Gasteiger partial charge is 0.272 e. The maximum atomic E-state index is 13.5. The summed E-state index contributed by atoms with van der Waals surface area (Å²) in [5.41, 5.74) is 0.149. The Bertz CT molecular complexity index is 511. The molecule has 5 nitrogen and oxygen atoms in total. The number of halogens is 1. The molecule has 0 fully saturated rings. The van der Waals surface area contributed by atoms with Crippen LogP contribution in [0.15, 0.2) is 36.9 Å². The highest BCUT2D eigenvalue weighted by Crippen LogP contribution is 2.17. The molecule has 0 saturated heterocycles. The van der Waals surface area contributed by atoms with Gasteiger partial charge in [0.25, 0.3) is 5.69 Å². The van der Waals surface area contributed by atoms with Crippen molar-refractivity contribution in [2.45, 2.75) is 6.54 Å². The number of benzene rings is 1. The molecule has 1 aromatic heterocycles. The van der Waals surface area contributed by atoms with Crippen molar-refractivity contribution in [2.75, 3.05) is 0 Å². The van der Waals surface area contributed by atoms with Crippen LogP contribution < -0.4 is 0 Å². The molecule has 0 radical (unpaired) electrons. The van der Waals surface area contributed by atoms with E-state index in [1.807, 2.05) is 0 Å². The average Bonchev–Trinajstić information content (AvgIpc) is 2.73. The predicted molar refractivity (Wildman–Crippen MR) is 54.4 cm³/mol. The van der Waals surface area contributed by atoms with Crippen LogP contribution in [0.4, 0.5) is 10.1 Å². The third-order valence-electron chi connectivity index (χ3n) is 2.16. The highest BCUT2D eigenvalue weighted by Gasteiger charge is 2.10. The van der Waals surface area contributed by atoms with Gasteiger partial charge in [-0.3, -0.25) is 10.1 Å². The molecule has 0 amide bonds. The first-order valence-corrected chi connectivity index (χ1v) is 4.55. The van der Waals surface area contributed by atoms with Gasteiger partial charge in [-0.05, 0) is 6.07 Å². The van der Waals surface area contributed by atoms with Crippen molar-refractivity contribution in [3.05, 3.63) is 58.4 Å². The van der Waals surface area contributed by atoms with Crippen LogP contribution in [0, 0.1) is 15.9 Å². The molecule has 0 spiro atoms. The van der Waals surface area contributed by atoms with Crippen molar-refractivity contribution >= 4 is 5.69 Å². The Morgan fingerprint density at radius 1 is 1.50 bits per heavy atom. The third kappa shape index (κ3) is 2.05. The second kappa shape index (κ2) is 4.09. The molecule has 1 aromatic carbocycles. The highest BCUT2D eigenvalue weighted by atomic mass is 19.1. The van der Waals surface area contributed by atoms with Crippen LogP contribution in [0.25, 0.3) is 0 Å². The summed E-state index contributed by atoms with van der Waals surface area (Å²) >= 11 is 0. The lowest BCUT2D eigenvalue weighted by atomic mass is 10.2. The topological polar surface area (TPSA) is 61.0 Å². The molecule has 0 unspecified atom stereocenters. The van der Waals surface area contributed by atoms with Gasteiger partial charge < -0.3 is 4.57 Å². The number of rotatable bonds is 3. The molecule has 0 aliphatic carbocycles. The summed E-state index contributed by atoms with van der Waals surface area (Å²) in [7, 11) is 0. The van der Waals surface area contributed by atoms with E-state index in [4.69, 9.17) is 0 Å². The van der Waals surface area contributed by atoms with E-state index < -0.39 is 10.7 Å². The molecular formula is C10H8FN3O2. The molecule has 0 aliphatic rings. The zero-order valence-corrected chi connectivity index (χ0v) is 8.21. The minimum Gasteiger partial charge on any atom is -0.333 e. The van der Waals surface area contributed by atoms with Crippen molar-refractivity contribution in [3.8, 4) is 0 Å². The van der Waals surface area contributed by atoms with E-state index in [1.165, 1.54) is 12.1 Å². The fourth-order valence-corrected chi connectivity index (χ4v) is 1.35. The van der Waals surface area contributed by atoms with Gasteiger partial charge in [0.1, 0.15) is 5.82 Å². The normalized spacial score (nSPS) is 10.3. The number of hydrogen-bond donors (Lipinski definition) is 0. The maximum Gasteiger partial charge on any atom is 0.272 e. The number of non-ortho nitro benzene ring substituents is 1. The van der Waals surface area contributed by atoms with Crippen LogP contribution in [-0.2, 0) is 6.54 Å². The Morgan fingerprint density at radius 3 is 2.88 bits per heavy atom. The Kier molecular flexibility index (Phi) is 2.63. The summed E-state index contributed by atoms with van der Waals surface area (Å²) in [6.07, 6.45) is 4.84. The van der Waals surface area contributed by atoms with Gasteiger partial charge >= 0.3 is 0 Å². The van der Waals surface area contributed by atoms with E-state index in [-0.39, 0.29) is 5.69 Å². The molecule has 0 bridgehead atoms. The molecule has 0 N–H and O–H groups in total. The summed E-state index contributed by atoms with van der Waals surface area (Å²) in [5, 5.41) is 10.4. The standard InChI is InChI=1S/C10H8FN3O2/c11-10-5-9(14(15)16)2-1-8(10)6-13-4-3-12-7-13/h1-5,7H,6H2.